The Morgan fingerprint density at radius 1 is 1.11 bits per heavy atom. The average Bonchev–Trinajstić information content (AvgIpc) is 3.18. The molecule has 0 fully saturated rings. The van der Waals surface area contributed by atoms with Crippen LogP contribution in [-0.4, -0.2) is 49.1 Å². The molecular weight excluding hydrogens is 348 g/mol. The van der Waals surface area contributed by atoms with E-state index < -0.39 is 5.97 Å². The maximum Gasteiger partial charge on any atom is 0.360 e. The van der Waals surface area contributed by atoms with Crippen LogP contribution in [0.2, 0.25) is 0 Å². The lowest BCUT2D eigenvalue weighted by molar-refractivity contribution is 0.0594. The van der Waals surface area contributed by atoms with Gasteiger partial charge < -0.3 is 18.8 Å². The Morgan fingerprint density at radius 3 is 2.67 bits per heavy atom. The summed E-state index contributed by atoms with van der Waals surface area (Å²) in [6.07, 6.45) is 1.22. The van der Waals surface area contributed by atoms with Gasteiger partial charge in [-0.1, -0.05) is 36.4 Å². The van der Waals surface area contributed by atoms with Crippen molar-refractivity contribution in [3.63, 3.8) is 0 Å². The molecule has 0 bridgehead atoms. The topological polar surface area (TPSA) is 81.9 Å². The molecule has 0 radical (unpaired) electrons. The van der Waals surface area contributed by atoms with Gasteiger partial charge in [-0.2, -0.15) is 0 Å². The number of carbonyl (C=O) groups is 2. The fourth-order valence-electron chi connectivity index (χ4n) is 2.78. The lowest BCUT2D eigenvalue weighted by atomic mass is 10.0. The monoisotopic (exact) mass is 368 g/mol. The number of nitrogens with zero attached hydrogens (tertiary/aromatic N) is 2. The van der Waals surface area contributed by atoms with Crippen molar-refractivity contribution in [2.45, 2.75) is 6.54 Å². The number of oxazole rings is 1. The zero-order valence-electron chi connectivity index (χ0n) is 15.2. The highest BCUT2D eigenvalue weighted by atomic mass is 16.5. The number of hydrogen-bond acceptors (Lipinski definition) is 6. The van der Waals surface area contributed by atoms with E-state index in [9.17, 15) is 9.59 Å². The van der Waals surface area contributed by atoms with Crippen LogP contribution in [0.15, 0.2) is 53.1 Å². The minimum Gasteiger partial charge on any atom is -0.464 e. The molecule has 1 heterocycles. The van der Waals surface area contributed by atoms with Crippen molar-refractivity contribution in [1.29, 1.82) is 0 Å². The fraction of sp³-hybridized carbons (Fsp3) is 0.250. The molecule has 1 aromatic heterocycles. The van der Waals surface area contributed by atoms with Crippen LogP contribution in [0.3, 0.4) is 0 Å². The van der Waals surface area contributed by atoms with Crippen molar-refractivity contribution in [2.24, 2.45) is 0 Å². The van der Waals surface area contributed by atoms with E-state index in [0.29, 0.717) is 18.7 Å². The van der Waals surface area contributed by atoms with Crippen molar-refractivity contribution in [3.8, 4) is 0 Å². The summed E-state index contributed by atoms with van der Waals surface area (Å²) < 4.78 is 15.1. The Hall–Kier alpha value is -3.19. The van der Waals surface area contributed by atoms with E-state index in [1.54, 1.807) is 18.1 Å². The number of amides is 1. The van der Waals surface area contributed by atoms with Gasteiger partial charge in [0.1, 0.15) is 6.26 Å². The first-order valence-electron chi connectivity index (χ1n) is 8.42. The van der Waals surface area contributed by atoms with Crippen LogP contribution in [-0.2, 0) is 16.0 Å². The van der Waals surface area contributed by atoms with Gasteiger partial charge >= 0.3 is 5.97 Å². The van der Waals surface area contributed by atoms with E-state index in [0.717, 1.165) is 10.8 Å². The molecular formula is C20H20N2O5. The second-order valence-electron chi connectivity index (χ2n) is 5.86. The van der Waals surface area contributed by atoms with Crippen LogP contribution in [0, 0.1) is 0 Å². The first kappa shape index (κ1) is 18.6. The Kier molecular flexibility index (Phi) is 5.83. The predicted octanol–water partition coefficient (Wildman–Crippen LogP) is 2.90. The van der Waals surface area contributed by atoms with E-state index in [2.05, 4.69) is 9.72 Å². The van der Waals surface area contributed by atoms with Gasteiger partial charge in [-0.25, -0.2) is 9.78 Å². The minimum atomic E-state index is -0.589. The first-order chi connectivity index (χ1) is 13.1. The molecule has 140 valence electrons. The van der Waals surface area contributed by atoms with E-state index in [-0.39, 0.29) is 24.0 Å². The Bertz CT molecular complexity index is 945. The summed E-state index contributed by atoms with van der Waals surface area (Å²) in [6.45, 7) is 0.831. The Labute approximate surface area is 156 Å². The molecule has 3 aromatic rings. The lowest BCUT2D eigenvalue weighted by Crippen LogP contribution is -2.33. The molecule has 0 saturated heterocycles. The zero-order chi connectivity index (χ0) is 19.2. The number of esters is 1. The minimum absolute atomic E-state index is 0.0665. The van der Waals surface area contributed by atoms with Gasteiger partial charge in [-0.3, -0.25) is 4.79 Å². The zero-order valence-corrected chi connectivity index (χ0v) is 15.2. The lowest BCUT2D eigenvalue weighted by Gasteiger charge is -2.21. The summed E-state index contributed by atoms with van der Waals surface area (Å²) in [5.74, 6) is -0.504. The van der Waals surface area contributed by atoms with Gasteiger partial charge in [0.25, 0.3) is 5.91 Å². The smallest absolute Gasteiger partial charge is 0.360 e. The molecule has 1 amide bonds. The maximum atomic E-state index is 13.2. The van der Waals surface area contributed by atoms with Gasteiger partial charge in [0, 0.05) is 19.2 Å². The van der Waals surface area contributed by atoms with Crippen molar-refractivity contribution in [3.05, 3.63) is 65.9 Å². The van der Waals surface area contributed by atoms with Crippen molar-refractivity contribution in [1.82, 2.24) is 9.88 Å². The largest absolute Gasteiger partial charge is 0.464 e. The van der Waals surface area contributed by atoms with Crippen LogP contribution in [0.25, 0.3) is 10.8 Å². The third kappa shape index (κ3) is 4.15. The molecule has 0 aliphatic carbocycles. The van der Waals surface area contributed by atoms with Crippen molar-refractivity contribution >= 4 is 22.6 Å². The molecule has 0 unspecified atom stereocenters. The first-order valence-corrected chi connectivity index (χ1v) is 8.42. The quantitative estimate of drug-likeness (QED) is 0.597. The predicted molar refractivity (Wildman–Crippen MR) is 98.4 cm³/mol. The molecule has 2 aromatic carbocycles. The molecule has 0 atom stereocenters. The van der Waals surface area contributed by atoms with Crippen LogP contribution in [0.1, 0.15) is 26.7 Å². The summed E-state index contributed by atoms with van der Waals surface area (Å²) >= 11 is 0. The molecule has 0 spiro atoms. The SMILES string of the molecule is COCCN(Cc1nc(C(=O)OC)co1)C(=O)c1cccc2ccccc12. The third-order valence-electron chi connectivity index (χ3n) is 4.14. The van der Waals surface area contributed by atoms with Gasteiger partial charge in [-0.05, 0) is 16.8 Å². The fourth-order valence-corrected chi connectivity index (χ4v) is 2.78. The highest BCUT2D eigenvalue weighted by molar-refractivity contribution is 6.07. The highest BCUT2D eigenvalue weighted by Crippen LogP contribution is 2.21. The normalized spacial score (nSPS) is 10.7. The summed E-state index contributed by atoms with van der Waals surface area (Å²) in [6, 6.07) is 13.3. The number of ether oxygens (including phenoxy) is 2. The van der Waals surface area contributed by atoms with E-state index >= 15 is 0 Å². The summed E-state index contributed by atoms with van der Waals surface area (Å²) in [5, 5.41) is 1.86. The molecule has 27 heavy (non-hydrogen) atoms. The number of carbonyl (C=O) groups excluding carboxylic acids is 2. The number of hydrogen-bond donors (Lipinski definition) is 0. The van der Waals surface area contributed by atoms with Crippen LogP contribution < -0.4 is 0 Å². The average molecular weight is 368 g/mol. The maximum absolute atomic E-state index is 13.2. The number of benzene rings is 2. The molecule has 0 aliphatic rings. The number of rotatable bonds is 7. The third-order valence-corrected chi connectivity index (χ3v) is 4.14. The second kappa shape index (κ2) is 8.46. The van der Waals surface area contributed by atoms with E-state index in [1.165, 1.54) is 13.4 Å². The standard InChI is InChI=1S/C20H20N2O5/c1-25-11-10-22(12-18-21-17(13-27-18)20(24)26-2)19(23)16-9-5-7-14-6-3-4-8-15(14)16/h3-9,13H,10-12H2,1-2H3. The summed E-state index contributed by atoms with van der Waals surface area (Å²) in [7, 11) is 2.84. The summed E-state index contributed by atoms with van der Waals surface area (Å²) in [4.78, 5) is 30.4. The summed E-state index contributed by atoms with van der Waals surface area (Å²) in [5.41, 5.74) is 0.653. The Morgan fingerprint density at radius 2 is 1.89 bits per heavy atom. The molecule has 0 saturated carbocycles. The van der Waals surface area contributed by atoms with Crippen molar-refractivity contribution < 1.29 is 23.5 Å². The van der Waals surface area contributed by atoms with Gasteiger partial charge in [0.15, 0.2) is 5.69 Å². The molecule has 3 rings (SSSR count). The van der Waals surface area contributed by atoms with Gasteiger partial charge in [0.2, 0.25) is 5.89 Å². The number of fused-ring (bicyclic) bond motifs is 1. The van der Waals surface area contributed by atoms with E-state index in [4.69, 9.17) is 9.15 Å². The van der Waals surface area contributed by atoms with Gasteiger partial charge in [-0.15, -0.1) is 0 Å². The van der Waals surface area contributed by atoms with Crippen LogP contribution in [0.5, 0.6) is 0 Å². The van der Waals surface area contributed by atoms with Crippen molar-refractivity contribution in [2.75, 3.05) is 27.4 Å². The molecule has 0 aliphatic heterocycles. The second-order valence-corrected chi connectivity index (χ2v) is 5.86. The number of methoxy groups -OCH3 is 2. The number of aromatic nitrogens is 1. The van der Waals surface area contributed by atoms with Crippen LogP contribution >= 0.6 is 0 Å². The molecule has 7 nitrogen and oxygen atoms in total. The van der Waals surface area contributed by atoms with Crippen LogP contribution in [0.4, 0.5) is 0 Å². The van der Waals surface area contributed by atoms with Gasteiger partial charge in [0.05, 0.1) is 20.3 Å². The highest BCUT2D eigenvalue weighted by Gasteiger charge is 2.21. The van der Waals surface area contributed by atoms with E-state index in [1.807, 2.05) is 36.4 Å². The Balaban J connectivity index is 1.88. The molecule has 0 N–H and O–H groups in total. The molecule has 7 heteroatoms.